The number of para-hydroxylation sites is 1. The molecule has 0 radical (unpaired) electrons. The number of nitrogens with one attached hydrogen (secondary N) is 1. The second kappa shape index (κ2) is 9.93. The lowest BCUT2D eigenvalue weighted by molar-refractivity contribution is -0.153. The van der Waals surface area contributed by atoms with Crippen molar-refractivity contribution in [3.05, 3.63) is 76.0 Å². The van der Waals surface area contributed by atoms with Crippen molar-refractivity contribution in [3.8, 4) is 16.9 Å². The van der Waals surface area contributed by atoms with E-state index in [1.165, 1.54) is 55.5 Å². The maximum absolute atomic E-state index is 12.7. The van der Waals surface area contributed by atoms with Crippen LogP contribution in [0, 0.1) is 0 Å². The third-order valence-corrected chi connectivity index (χ3v) is 7.85. The summed E-state index contributed by atoms with van der Waals surface area (Å²) in [5.41, 5.74) is 1.49. The number of benzene rings is 3. The molecule has 0 spiro atoms. The summed E-state index contributed by atoms with van der Waals surface area (Å²) in [5.74, 6) is 0.00784. The number of sulfone groups is 1. The number of ether oxygens (including phenoxy) is 1. The van der Waals surface area contributed by atoms with Crippen LogP contribution in [0.15, 0.2) is 59.5 Å². The van der Waals surface area contributed by atoms with Gasteiger partial charge in [-0.25, -0.2) is 13.4 Å². The zero-order chi connectivity index (χ0) is 26.3. The third kappa shape index (κ3) is 5.31. The van der Waals surface area contributed by atoms with Crippen LogP contribution in [0.2, 0.25) is 10.0 Å². The third-order valence-electron chi connectivity index (χ3n) is 5.43. The molecule has 0 aliphatic heterocycles. The lowest BCUT2D eigenvalue weighted by Gasteiger charge is -2.15. The lowest BCUT2D eigenvalue weighted by Crippen LogP contribution is -2.19. The van der Waals surface area contributed by atoms with E-state index in [9.17, 15) is 26.7 Å². The van der Waals surface area contributed by atoms with E-state index in [0.29, 0.717) is 11.1 Å². The number of aliphatic hydroxyl groups excluding tert-OH is 1. The zero-order valence-corrected chi connectivity index (χ0v) is 20.9. The summed E-state index contributed by atoms with van der Waals surface area (Å²) in [7, 11) is -3.39. The number of halogens is 5. The maximum Gasteiger partial charge on any atom is 0.422 e. The fourth-order valence-electron chi connectivity index (χ4n) is 3.62. The minimum Gasteiger partial charge on any atom is -0.483 e. The van der Waals surface area contributed by atoms with Crippen molar-refractivity contribution in [1.82, 2.24) is 9.97 Å². The van der Waals surface area contributed by atoms with Crippen molar-refractivity contribution < 1.29 is 31.4 Å². The molecule has 1 atom stereocenters. The van der Waals surface area contributed by atoms with E-state index in [-0.39, 0.29) is 48.9 Å². The van der Waals surface area contributed by atoms with E-state index in [1.807, 2.05) is 0 Å². The lowest BCUT2D eigenvalue weighted by atomic mass is 10.0. The predicted octanol–water partition coefficient (Wildman–Crippen LogP) is 6.35. The van der Waals surface area contributed by atoms with E-state index < -0.39 is 28.7 Å². The summed E-state index contributed by atoms with van der Waals surface area (Å²) in [5, 5.41) is 11.0. The molecule has 1 aromatic heterocycles. The molecule has 0 fully saturated rings. The summed E-state index contributed by atoms with van der Waals surface area (Å²) in [6, 6.07) is 13.3. The number of hydrogen-bond donors (Lipinski definition) is 2. The highest BCUT2D eigenvalue weighted by Gasteiger charge is 2.29. The molecule has 2 N–H and O–H groups in total. The highest BCUT2D eigenvalue weighted by molar-refractivity contribution is 7.91. The van der Waals surface area contributed by atoms with E-state index in [0.717, 1.165) is 0 Å². The number of imidazole rings is 1. The first-order valence-corrected chi connectivity index (χ1v) is 13.0. The summed E-state index contributed by atoms with van der Waals surface area (Å²) >= 11 is 13.1. The monoisotopic (exact) mass is 558 g/mol. The molecule has 0 saturated carbocycles. The van der Waals surface area contributed by atoms with Crippen LogP contribution in [0.4, 0.5) is 13.2 Å². The highest BCUT2D eigenvalue weighted by Crippen LogP contribution is 2.43. The molecule has 190 valence electrons. The number of nitrogens with zero attached hydrogens (tertiary/aromatic N) is 1. The Labute approximate surface area is 214 Å². The molecule has 0 aliphatic carbocycles. The minimum absolute atomic E-state index is 0.0512. The average Bonchev–Trinajstić information content (AvgIpc) is 3.27. The van der Waals surface area contributed by atoms with E-state index in [1.54, 1.807) is 6.07 Å². The topological polar surface area (TPSA) is 92.3 Å². The van der Waals surface area contributed by atoms with Crippen molar-refractivity contribution in [2.75, 3.05) is 12.4 Å². The molecule has 4 aromatic rings. The standard InChI is InChI=1S/C24H19Cl2F3N2O4S/c1-2-36(33,34)14-9-7-13(8-10-14)22(32)23-30-17-11-16(25)19(20(26)21(17)31-23)15-5-3-4-6-18(15)35-12-24(27,28)29/h3-11,22,32H,2,12H2,1H3,(H,30,31). The number of fused-ring (bicyclic) bond motifs is 1. The van der Waals surface area contributed by atoms with Gasteiger partial charge in [-0.15, -0.1) is 0 Å². The van der Waals surface area contributed by atoms with Gasteiger partial charge in [-0.05, 0) is 29.8 Å². The Kier molecular flexibility index (Phi) is 7.25. The van der Waals surface area contributed by atoms with Crippen molar-refractivity contribution in [1.29, 1.82) is 0 Å². The molecule has 6 nitrogen and oxygen atoms in total. The van der Waals surface area contributed by atoms with E-state index in [2.05, 4.69) is 9.97 Å². The molecule has 0 saturated heterocycles. The van der Waals surface area contributed by atoms with Gasteiger partial charge in [0.1, 0.15) is 23.2 Å². The van der Waals surface area contributed by atoms with Gasteiger partial charge in [0.25, 0.3) is 0 Å². The molecule has 12 heteroatoms. The van der Waals surface area contributed by atoms with E-state index >= 15 is 0 Å². The largest absolute Gasteiger partial charge is 0.483 e. The van der Waals surface area contributed by atoms with Crippen LogP contribution in [-0.2, 0) is 9.84 Å². The molecule has 1 heterocycles. The zero-order valence-electron chi connectivity index (χ0n) is 18.6. The van der Waals surface area contributed by atoms with Crippen molar-refractivity contribution in [2.24, 2.45) is 0 Å². The first-order chi connectivity index (χ1) is 16.9. The Morgan fingerprint density at radius 3 is 2.42 bits per heavy atom. The number of aromatic amines is 1. The summed E-state index contributed by atoms with van der Waals surface area (Å²) < 4.78 is 67.2. The number of rotatable bonds is 7. The molecule has 36 heavy (non-hydrogen) atoms. The molecule has 0 aliphatic rings. The second-order valence-corrected chi connectivity index (χ2v) is 10.9. The van der Waals surface area contributed by atoms with Gasteiger partial charge >= 0.3 is 6.18 Å². The first kappa shape index (κ1) is 26.3. The van der Waals surface area contributed by atoms with Crippen LogP contribution >= 0.6 is 23.2 Å². The van der Waals surface area contributed by atoms with Crippen LogP contribution in [0.3, 0.4) is 0 Å². The van der Waals surface area contributed by atoms with Gasteiger partial charge in [-0.3, -0.25) is 0 Å². The fourth-order valence-corrected chi connectivity index (χ4v) is 5.20. The Morgan fingerprint density at radius 1 is 1.11 bits per heavy atom. The molecule has 1 unspecified atom stereocenters. The number of aromatic nitrogens is 2. The van der Waals surface area contributed by atoms with Crippen molar-refractivity contribution in [2.45, 2.75) is 24.1 Å². The number of H-pyrrole nitrogens is 1. The molecular formula is C24H19Cl2F3N2O4S. The van der Waals surface area contributed by atoms with Crippen LogP contribution in [0.1, 0.15) is 24.4 Å². The fraction of sp³-hybridized carbons (Fsp3) is 0.208. The van der Waals surface area contributed by atoms with Gasteiger partial charge in [0, 0.05) is 11.1 Å². The highest BCUT2D eigenvalue weighted by atomic mass is 35.5. The molecule has 3 aromatic carbocycles. The Hall–Kier alpha value is -2.79. The Morgan fingerprint density at radius 2 is 1.78 bits per heavy atom. The number of aliphatic hydroxyl groups is 1. The Bertz CT molecular complexity index is 1520. The summed E-state index contributed by atoms with van der Waals surface area (Å²) in [4.78, 5) is 7.46. The van der Waals surface area contributed by atoms with Gasteiger partial charge in [0.2, 0.25) is 0 Å². The van der Waals surface area contributed by atoms with Crippen LogP contribution in [-0.4, -0.2) is 42.0 Å². The predicted molar refractivity (Wildman–Crippen MR) is 131 cm³/mol. The summed E-state index contributed by atoms with van der Waals surface area (Å²) in [6.07, 6.45) is -5.77. The quantitative estimate of drug-likeness (QED) is 0.275. The van der Waals surface area contributed by atoms with Gasteiger partial charge in [0.05, 0.1) is 26.2 Å². The maximum atomic E-state index is 12.7. The summed E-state index contributed by atoms with van der Waals surface area (Å²) in [6.45, 7) is 0.0507. The van der Waals surface area contributed by atoms with Gasteiger partial charge < -0.3 is 14.8 Å². The normalized spacial score (nSPS) is 13.2. The molecule has 0 bridgehead atoms. The first-order valence-electron chi connectivity index (χ1n) is 10.6. The Balaban J connectivity index is 1.73. The second-order valence-electron chi connectivity index (χ2n) is 7.84. The molecule has 0 amide bonds. The molecule has 4 rings (SSSR count). The minimum atomic E-state index is -4.53. The van der Waals surface area contributed by atoms with E-state index in [4.69, 9.17) is 27.9 Å². The van der Waals surface area contributed by atoms with Gasteiger partial charge in [0.15, 0.2) is 16.4 Å². The SMILES string of the molecule is CCS(=O)(=O)c1ccc(C(O)c2nc3c(Cl)c(-c4ccccc4OCC(F)(F)F)c(Cl)cc3[nH]2)cc1. The smallest absolute Gasteiger partial charge is 0.422 e. The van der Waals surface area contributed by atoms with Crippen LogP contribution < -0.4 is 4.74 Å². The number of hydrogen-bond acceptors (Lipinski definition) is 5. The average molecular weight is 559 g/mol. The van der Waals surface area contributed by atoms with Crippen LogP contribution in [0.25, 0.3) is 22.2 Å². The van der Waals surface area contributed by atoms with Gasteiger partial charge in [-0.2, -0.15) is 13.2 Å². The van der Waals surface area contributed by atoms with Crippen LogP contribution in [0.5, 0.6) is 5.75 Å². The number of alkyl halides is 3. The molecular weight excluding hydrogens is 540 g/mol. The van der Waals surface area contributed by atoms with Crippen molar-refractivity contribution >= 4 is 44.1 Å². The van der Waals surface area contributed by atoms with Gasteiger partial charge in [-0.1, -0.05) is 60.5 Å². The van der Waals surface area contributed by atoms with Crippen molar-refractivity contribution in [3.63, 3.8) is 0 Å².